The molecule has 0 aromatic heterocycles. The smallest absolute Gasteiger partial charge is 0.333 e. The first kappa shape index (κ1) is 32.2. The van der Waals surface area contributed by atoms with Gasteiger partial charge >= 0.3 is 5.97 Å². The number of esters is 1. The lowest BCUT2D eigenvalue weighted by Gasteiger charge is -2.17. The summed E-state index contributed by atoms with van der Waals surface area (Å²) in [5, 5.41) is 0. The zero-order valence-electron chi connectivity index (χ0n) is 23.1. The van der Waals surface area contributed by atoms with Crippen LogP contribution in [0, 0.1) is 5.92 Å². The molecule has 0 saturated heterocycles. The van der Waals surface area contributed by atoms with Crippen LogP contribution in [0.1, 0.15) is 168 Å². The van der Waals surface area contributed by atoms with Crippen LogP contribution in [0.4, 0.5) is 0 Å². The van der Waals surface area contributed by atoms with E-state index in [0.717, 1.165) is 6.42 Å². The molecule has 0 bridgehead atoms. The van der Waals surface area contributed by atoms with Crippen LogP contribution in [0.5, 0.6) is 0 Å². The van der Waals surface area contributed by atoms with Crippen molar-refractivity contribution in [1.29, 1.82) is 0 Å². The lowest BCUT2D eigenvalue weighted by molar-refractivity contribution is -0.139. The number of hydrogen-bond acceptors (Lipinski definition) is 2. The van der Waals surface area contributed by atoms with Crippen LogP contribution < -0.4 is 0 Å². The second kappa shape index (κ2) is 25.8. The van der Waals surface area contributed by atoms with Gasteiger partial charge in [-0.1, -0.05) is 162 Å². The molecular weight excluding hydrogens is 404 g/mol. The summed E-state index contributed by atoms with van der Waals surface area (Å²) >= 11 is 0. The fourth-order valence-corrected chi connectivity index (χ4v) is 4.72. The van der Waals surface area contributed by atoms with Crippen LogP contribution in [0.3, 0.4) is 0 Å². The highest BCUT2D eigenvalue weighted by Crippen LogP contribution is 2.22. The topological polar surface area (TPSA) is 26.3 Å². The van der Waals surface area contributed by atoms with Crippen LogP contribution >= 0.6 is 0 Å². The predicted molar refractivity (Wildman–Crippen MR) is 147 cm³/mol. The van der Waals surface area contributed by atoms with Crippen molar-refractivity contribution in [2.24, 2.45) is 5.92 Å². The van der Waals surface area contributed by atoms with Crippen molar-refractivity contribution in [2.75, 3.05) is 6.61 Å². The normalized spacial score (nSPS) is 12.1. The van der Waals surface area contributed by atoms with E-state index in [9.17, 15) is 4.79 Å². The summed E-state index contributed by atoms with van der Waals surface area (Å²) in [5.41, 5.74) is 0.508. The molecule has 33 heavy (non-hydrogen) atoms. The molecule has 0 rings (SSSR count). The Labute approximate surface area is 208 Å². The maximum Gasteiger partial charge on any atom is 0.333 e. The third kappa shape index (κ3) is 24.1. The maximum atomic E-state index is 11.6. The highest BCUT2D eigenvalue weighted by molar-refractivity contribution is 5.86. The summed E-state index contributed by atoms with van der Waals surface area (Å²) in [4.78, 5) is 11.6. The van der Waals surface area contributed by atoms with E-state index in [-0.39, 0.29) is 5.97 Å². The molecule has 0 radical (unpaired) electrons. The fraction of sp³-hybridized carbons (Fsp3) is 0.903. The fourth-order valence-electron chi connectivity index (χ4n) is 4.72. The predicted octanol–water partition coefficient (Wildman–Crippen LogP) is 10.7. The average Bonchev–Trinajstić information content (AvgIpc) is 2.80. The molecule has 2 nitrogen and oxygen atoms in total. The van der Waals surface area contributed by atoms with Crippen LogP contribution in [-0.4, -0.2) is 12.6 Å². The summed E-state index contributed by atoms with van der Waals surface area (Å²) < 4.78 is 5.37. The quantitative estimate of drug-likeness (QED) is 0.0722. The van der Waals surface area contributed by atoms with E-state index < -0.39 is 0 Å². The van der Waals surface area contributed by atoms with Crippen LogP contribution in [0.25, 0.3) is 0 Å². The minimum atomic E-state index is -0.233. The van der Waals surface area contributed by atoms with E-state index in [2.05, 4.69) is 20.4 Å². The second-order valence-corrected chi connectivity index (χ2v) is 10.5. The van der Waals surface area contributed by atoms with Crippen molar-refractivity contribution in [2.45, 2.75) is 168 Å². The molecule has 0 aliphatic rings. The van der Waals surface area contributed by atoms with Gasteiger partial charge in [-0.25, -0.2) is 4.79 Å². The highest BCUT2D eigenvalue weighted by Gasteiger charge is 2.11. The number of carbonyl (C=O) groups is 1. The number of carbonyl (C=O) groups excluding carboxylic acids is 1. The van der Waals surface area contributed by atoms with E-state index in [1.54, 1.807) is 6.92 Å². The van der Waals surface area contributed by atoms with Crippen molar-refractivity contribution in [1.82, 2.24) is 0 Å². The van der Waals surface area contributed by atoms with Crippen LogP contribution in [0.15, 0.2) is 12.2 Å². The van der Waals surface area contributed by atoms with Gasteiger partial charge in [-0.15, -0.1) is 0 Å². The molecule has 1 atom stereocenters. The van der Waals surface area contributed by atoms with Crippen molar-refractivity contribution < 1.29 is 9.53 Å². The molecule has 0 heterocycles. The Morgan fingerprint density at radius 1 is 0.576 bits per heavy atom. The standard InChI is InChI=1S/C31H60O2/c1-5-7-9-11-12-13-14-15-16-17-18-19-20-22-24-26-30(25-23-21-10-8-6-2)27-28-33-31(32)29(3)4/h30H,3,5-28H2,1-2,4H3. The molecule has 0 aliphatic heterocycles. The minimum absolute atomic E-state index is 0.233. The van der Waals surface area contributed by atoms with Crippen molar-refractivity contribution in [3.05, 3.63) is 12.2 Å². The van der Waals surface area contributed by atoms with E-state index in [0.29, 0.717) is 18.1 Å². The monoisotopic (exact) mass is 464 g/mol. The molecule has 1 unspecified atom stereocenters. The van der Waals surface area contributed by atoms with E-state index >= 15 is 0 Å². The Morgan fingerprint density at radius 2 is 0.909 bits per heavy atom. The first-order valence-electron chi connectivity index (χ1n) is 14.9. The second-order valence-electron chi connectivity index (χ2n) is 10.5. The summed E-state index contributed by atoms with van der Waals surface area (Å²) in [6, 6.07) is 0. The Morgan fingerprint density at radius 3 is 1.24 bits per heavy atom. The van der Waals surface area contributed by atoms with Gasteiger partial charge in [0.2, 0.25) is 0 Å². The number of rotatable bonds is 26. The Hall–Kier alpha value is -0.790. The van der Waals surface area contributed by atoms with Gasteiger partial charge < -0.3 is 4.74 Å². The highest BCUT2D eigenvalue weighted by atomic mass is 16.5. The van der Waals surface area contributed by atoms with Crippen LogP contribution in [-0.2, 0) is 9.53 Å². The van der Waals surface area contributed by atoms with Gasteiger partial charge in [-0.3, -0.25) is 0 Å². The Balaban J connectivity index is 3.70. The number of unbranched alkanes of at least 4 members (excludes halogenated alkanes) is 18. The first-order chi connectivity index (χ1) is 16.1. The molecule has 0 spiro atoms. The summed E-state index contributed by atoms with van der Waals surface area (Å²) in [5.74, 6) is 0.482. The Bertz CT molecular complexity index is 429. The van der Waals surface area contributed by atoms with Gasteiger partial charge in [0.05, 0.1) is 6.61 Å². The van der Waals surface area contributed by atoms with Gasteiger partial charge in [-0.05, 0) is 19.3 Å². The third-order valence-corrected chi connectivity index (χ3v) is 7.04. The lowest BCUT2D eigenvalue weighted by Crippen LogP contribution is -2.11. The molecule has 0 aliphatic carbocycles. The zero-order chi connectivity index (χ0) is 24.4. The third-order valence-electron chi connectivity index (χ3n) is 7.04. The summed E-state index contributed by atoms with van der Waals surface area (Å²) in [6.45, 7) is 10.5. The average molecular weight is 465 g/mol. The van der Waals surface area contributed by atoms with Crippen LogP contribution in [0.2, 0.25) is 0 Å². The molecular formula is C31H60O2. The maximum absolute atomic E-state index is 11.6. The first-order valence-corrected chi connectivity index (χ1v) is 14.9. The molecule has 0 fully saturated rings. The largest absolute Gasteiger partial charge is 0.462 e. The van der Waals surface area contributed by atoms with Gasteiger partial charge in [-0.2, -0.15) is 0 Å². The Kier molecular flexibility index (Phi) is 25.2. The molecule has 0 amide bonds. The van der Waals surface area contributed by atoms with Crippen molar-refractivity contribution in [3.63, 3.8) is 0 Å². The molecule has 2 heteroatoms. The number of ether oxygens (including phenoxy) is 1. The van der Waals surface area contributed by atoms with E-state index in [4.69, 9.17) is 4.74 Å². The van der Waals surface area contributed by atoms with Gasteiger partial charge in [0, 0.05) is 5.57 Å². The molecule has 0 saturated carbocycles. The van der Waals surface area contributed by atoms with Gasteiger partial charge in [0.1, 0.15) is 0 Å². The van der Waals surface area contributed by atoms with Gasteiger partial charge in [0.15, 0.2) is 0 Å². The summed E-state index contributed by atoms with van der Waals surface area (Å²) in [7, 11) is 0. The molecule has 0 aromatic carbocycles. The molecule has 0 N–H and O–H groups in total. The summed E-state index contributed by atoms with van der Waals surface area (Å²) in [6.07, 6.45) is 31.6. The molecule has 196 valence electrons. The van der Waals surface area contributed by atoms with E-state index in [1.165, 1.54) is 141 Å². The minimum Gasteiger partial charge on any atom is -0.462 e. The number of hydrogen-bond donors (Lipinski definition) is 0. The molecule has 0 aromatic rings. The van der Waals surface area contributed by atoms with Crippen molar-refractivity contribution in [3.8, 4) is 0 Å². The van der Waals surface area contributed by atoms with Crippen molar-refractivity contribution >= 4 is 5.97 Å². The SMILES string of the molecule is C=C(C)C(=O)OCCC(CCCCCCC)CCCCCCCCCCCCCCCCC. The lowest BCUT2D eigenvalue weighted by atomic mass is 9.91. The zero-order valence-corrected chi connectivity index (χ0v) is 23.1. The van der Waals surface area contributed by atoms with E-state index in [1.807, 2.05) is 0 Å². The van der Waals surface area contributed by atoms with Gasteiger partial charge in [0.25, 0.3) is 0 Å².